The molecule has 0 saturated carbocycles. The van der Waals surface area contributed by atoms with E-state index in [9.17, 15) is 0 Å². The van der Waals surface area contributed by atoms with Crippen molar-refractivity contribution in [2.45, 2.75) is 0 Å². The van der Waals surface area contributed by atoms with E-state index in [1.165, 1.54) is 98.2 Å². The van der Waals surface area contributed by atoms with Gasteiger partial charge in [-0.2, -0.15) is 0 Å². The second-order valence-corrected chi connectivity index (χ2v) is 37.9. The molecule has 0 saturated heterocycles. The van der Waals surface area contributed by atoms with Crippen LogP contribution in [0.4, 0.5) is 0 Å². The maximum atomic E-state index is 6.69. The fourth-order valence-electron chi connectivity index (χ4n) is 23.4. The largest absolute Gasteiger partial charge is 0.455 e. The molecule has 0 spiro atoms. The Morgan fingerprint density at radius 1 is 0.138 bits per heavy atom. The molecular weight excluding hydrogens is 1770 g/mol. The number of hydrogen-bond acceptors (Lipinski definition) is 4. The summed E-state index contributed by atoms with van der Waals surface area (Å²) in [4.78, 5) is 5.13. The Bertz CT molecular complexity index is 10900. The van der Waals surface area contributed by atoms with E-state index >= 15 is 0 Å². The van der Waals surface area contributed by atoms with E-state index in [0.717, 1.165) is 188 Å². The molecule has 32 rings (SSSR count). The number of fused-ring (bicyclic) bond motifs is 31. The zero-order chi connectivity index (χ0) is 95.0. The summed E-state index contributed by atoms with van der Waals surface area (Å²) < 4.78 is 34.4. The molecule has 145 heavy (non-hydrogen) atoms. The van der Waals surface area contributed by atoms with Gasteiger partial charge in [0.15, 0.2) is 0 Å². The van der Waals surface area contributed by atoms with Crippen LogP contribution in [0, 0.1) is 0 Å². The molecule has 10 heteroatoms. The lowest BCUT2D eigenvalue weighted by Crippen LogP contribution is -1.95. The standard InChI is InChI=1S/C47H29N3O.C46H28N2O.C42H26N2O/c1-4-13-30(14-5-1)39-20-12-21-40(48-39)31-23-25-41-36(27-31)37-28-38-44(29-43(37)49(41)32-15-6-2-7-16-32)50(33-17-8-3-9-18-33)42-26-24-35-34-19-10-11-22-45(34)51-47(35)46(38)42;1-3-13-33(14-4-1)47-40-24-23-37-36-17-9-10-18-44(36)49-46(37)45(40)39-27-38-35-22-21-32(31-20-19-29-11-7-8-12-30(29)25-31)26-41(35)48(42(38)28-43(39)47)34-15-5-2-6-16-34;1-4-12-27(13-5-1)28-20-22-36-33(24-28)34-25-35-39(26-38(34)43(36)29-14-6-2-7-15-29)44(30-16-8-3-9-17-30)37-23-21-32-31-18-10-11-19-40(31)45-42(32)41(35)37/h1-29H;1-28H;1-26H. The van der Waals surface area contributed by atoms with Crippen LogP contribution in [0.25, 0.3) is 286 Å². The molecule has 22 aromatic carbocycles. The van der Waals surface area contributed by atoms with Crippen LogP contribution in [0.15, 0.2) is 517 Å². The SMILES string of the molecule is c1ccc(-c2ccc3c(c2)c2cc4c5c6oc7ccccc7c6ccc5n(-c5ccccc5)c4cc2n3-c2ccccc2)cc1.c1ccc(-c2cccc(-c3ccc4c(c3)c3cc5c6c7oc8ccccc8c7ccc6n(-c6ccccc6)c5cc3n4-c3ccccc3)n2)cc1.c1ccc(-n2c3cc(-c4ccc5ccccc5c4)ccc3c3cc4c5c6oc7ccccc7c6ccc5n(-c5ccccc5)c4cc32)cc1. The molecular formula is C135H83N7O3. The topological polar surface area (TPSA) is 81.9 Å². The lowest BCUT2D eigenvalue weighted by molar-refractivity contribution is 0.672. The Labute approximate surface area is 829 Å². The average Bonchev–Trinajstić information content (AvgIpc) is 1.55. The molecule has 10 heterocycles. The van der Waals surface area contributed by atoms with Gasteiger partial charge in [-0.05, 0) is 245 Å². The molecule has 676 valence electrons. The third-order valence-electron chi connectivity index (χ3n) is 29.9. The highest BCUT2D eigenvalue weighted by molar-refractivity contribution is 6.31. The Balaban J connectivity index is 0.000000101. The molecule has 10 aromatic heterocycles. The number of para-hydroxylation sites is 9. The van der Waals surface area contributed by atoms with Gasteiger partial charge in [-0.3, -0.25) is 0 Å². The Morgan fingerprint density at radius 2 is 0.414 bits per heavy atom. The zero-order valence-electron chi connectivity index (χ0n) is 78.3. The van der Waals surface area contributed by atoms with Crippen LogP contribution < -0.4 is 0 Å². The number of pyridine rings is 1. The highest BCUT2D eigenvalue weighted by Crippen LogP contribution is 2.51. The summed E-state index contributed by atoms with van der Waals surface area (Å²) in [5, 5.41) is 23.5. The van der Waals surface area contributed by atoms with Crippen molar-refractivity contribution in [2.24, 2.45) is 0 Å². The van der Waals surface area contributed by atoms with Crippen LogP contribution in [-0.2, 0) is 0 Å². The van der Waals surface area contributed by atoms with Crippen LogP contribution in [0.5, 0.6) is 0 Å². The van der Waals surface area contributed by atoms with Crippen LogP contribution >= 0.6 is 0 Å². The second-order valence-electron chi connectivity index (χ2n) is 37.9. The summed E-state index contributed by atoms with van der Waals surface area (Å²) in [5.41, 5.74) is 35.1. The fourth-order valence-corrected chi connectivity index (χ4v) is 23.4. The summed E-state index contributed by atoms with van der Waals surface area (Å²) in [5.74, 6) is 0. The molecule has 10 nitrogen and oxygen atoms in total. The fraction of sp³-hybridized carbons (Fsp3) is 0. The molecule has 0 aliphatic heterocycles. The quantitative estimate of drug-likeness (QED) is 0.137. The molecule has 32 aromatic rings. The zero-order valence-corrected chi connectivity index (χ0v) is 78.3. The van der Waals surface area contributed by atoms with E-state index < -0.39 is 0 Å². The lowest BCUT2D eigenvalue weighted by atomic mass is 10.00. The number of nitrogens with zero attached hydrogens (tertiary/aromatic N) is 7. The number of hydrogen-bond donors (Lipinski definition) is 0. The van der Waals surface area contributed by atoms with Gasteiger partial charge in [0.1, 0.15) is 33.5 Å². The van der Waals surface area contributed by atoms with Gasteiger partial charge >= 0.3 is 0 Å². The minimum atomic E-state index is 0.900. The van der Waals surface area contributed by atoms with Gasteiger partial charge in [0.05, 0.1) is 93.7 Å². The normalized spacial score (nSPS) is 12.0. The molecule has 0 fully saturated rings. The summed E-state index contributed by atoms with van der Waals surface area (Å²) in [7, 11) is 0. The summed E-state index contributed by atoms with van der Waals surface area (Å²) in [6, 6.07) is 180. The van der Waals surface area contributed by atoms with Crippen LogP contribution in [0.1, 0.15) is 0 Å². The van der Waals surface area contributed by atoms with Gasteiger partial charge in [0.25, 0.3) is 0 Å². The molecule has 0 radical (unpaired) electrons. The molecule has 0 aliphatic carbocycles. The van der Waals surface area contributed by atoms with Gasteiger partial charge in [0, 0.05) is 126 Å². The minimum absolute atomic E-state index is 0.900. The van der Waals surface area contributed by atoms with Crippen molar-refractivity contribution >= 4 is 207 Å². The Morgan fingerprint density at radius 3 is 0.834 bits per heavy atom. The van der Waals surface area contributed by atoms with E-state index in [-0.39, 0.29) is 0 Å². The molecule has 0 bridgehead atoms. The van der Waals surface area contributed by atoms with Gasteiger partial charge in [-0.25, -0.2) is 4.98 Å². The number of benzene rings is 22. The molecule has 0 N–H and O–H groups in total. The van der Waals surface area contributed by atoms with Gasteiger partial charge < -0.3 is 40.7 Å². The smallest absolute Gasteiger partial charge is 0.145 e. The van der Waals surface area contributed by atoms with E-state index in [0.29, 0.717) is 0 Å². The first-order valence-corrected chi connectivity index (χ1v) is 49.4. The van der Waals surface area contributed by atoms with Crippen molar-refractivity contribution in [3.05, 3.63) is 504 Å². The molecule has 0 amide bonds. The molecule has 0 unspecified atom stereocenters. The minimum Gasteiger partial charge on any atom is -0.455 e. The van der Waals surface area contributed by atoms with E-state index in [1.54, 1.807) is 0 Å². The maximum Gasteiger partial charge on any atom is 0.145 e. The highest BCUT2D eigenvalue weighted by Gasteiger charge is 2.29. The van der Waals surface area contributed by atoms with Crippen molar-refractivity contribution in [2.75, 3.05) is 0 Å². The van der Waals surface area contributed by atoms with E-state index in [4.69, 9.17) is 18.2 Å². The summed E-state index contributed by atoms with van der Waals surface area (Å²) in [6.07, 6.45) is 0. The van der Waals surface area contributed by atoms with Gasteiger partial charge in [0.2, 0.25) is 0 Å². The van der Waals surface area contributed by atoms with Crippen molar-refractivity contribution < 1.29 is 13.3 Å². The van der Waals surface area contributed by atoms with Gasteiger partial charge in [-0.15, -0.1) is 0 Å². The number of rotatable bonds is 10. The van der Waals surface area contributed by atoms with E-state index in [2.05, 4.69) is 507 Å². The number of furan rings is 3. The van der Waals surface area contributed by atoms with Crippen LogP contribution in [0.3, 0.4) is 0 Å². The maximum absolute atomic E-state index is 6.69. The third kappa shape index (κ3) is 12.8. The monoisotopic (exact) mass is 1850 g/mol. The lowest BCUT2D eigenvalue weighted by Gasteiger charge is -2.10. The van der Waals surface area contributed by atoms with Crippen LogP contribution in [0.2, 0.25) is 0 Å². The van der Waals surface area contributed by atoms with Gasteiger partial charge in [-0.1, -0.05) is 291 Å². The molecule has 0 atom stereocenters. The van der Waals surface area contributed by atoms with Crippen molar-refractivity contribution in [3.8, 4) is 78.9 Å². The predicted molar refractivity (Wildman–Crippen MR) is 604 cm³/mol. The predicted octanol–water partition coefficient (Wildman–Crippen LogP) is 36.6. The Hall–Kier alpha value is -19.6. The third-order valence-corrected chi connectivity index (χ3v) is 29.9. The first kappa shape index (κ1) is 81.4. The first-order valence-electron chi connectivity index (χ1n) is 49.4. The summed E-state index contributed by atoms with van der Waals surface area (Å²) in [6.45, 7) is 0. The van der Waals surface area contributed by atoms with E-state index in [1.807, 2.05) is 24.3 Å². The highest BCUT2D eigenvalue weighted by atomic mass is 16.3. The Kier molecular flexibility index (Phi) is 18.3. The number of aromatic nitrogens is 7. The average molecular weight is 1850 g/mol. The van der Waals surface area contributed by atoms with Crippen molar-refractivity contribution in [1.29, 1.82) is 0 Å². The molecule has 0 aliphatic rings. The second kappa shape index (κ2) is 32.5. The van der Waals surface area contributed by atoms with Crippen LogP contribution in [-0.4, -0.2) is 32.4 Å². The van der Waals surface area contributed by atoms with Crippen molar-refractivity contribution in [3.63, 3.8) is 0 Å². The first-order chi connectivity index (χ1) is 71.9. The van der Waals surface area contributed by atoms with Crippen molar-refractivity contribution in [1.82, 2.24) is 32.4 Å². The summed E-state index contributed by atoms with van der Waals surface area (Å²) >= 11 is 0.